The van der Waals surface area contributed by atoms with E-state index in [0.717, 1.165) is 12.8 Å². The molecule has 0 aromatic heterocycles. The van der Waals surface area contributed by atoms with Crippen molar-refractivity contribution in [2.45, 2.75) is 91.8 Å². The second-order valence-corrected chi connectivity index (χ2v) is 10.4. The van der Waals surface area contributed by atoms with E-state index in [1.54, 1.807) is 59.7 Å². The van der Waals surface area contributed by atoms with Gasteiger partial charge in [0.25, 0.3) is 0 Å². The molecule has 38 heavy (non-hydrogen) atoms. The van der Waals surface area contributed by atoms with Gasteiger partial charge in [0.15, 0.2) is 0 Å². The highest BCUT2D eigenvalue weighted by molar-refractivity contribution is 5.92. The molecule has 2 unspecified atom stereocenters. The van der Waals surface area contributed by atoms with Gasteiger partial charge in [-0.2, -0.15) is 0 Å². The summed E-state index contributed by atoms with van der Waals surface area (Å²) in [5.74, 6) is -1.95. The number of nitrogens with zero attached hydrogens (tertiary/aromatic N) is 1. The van der Waals surface area contributed by atoms with Gasteiger partial charge in [-0.1, -0.05) is 51.8 Å². The third-order valence-electron chi connectivity index (χ3n) is 5.62. The number of esters is 1. The number of rotatable bonds is 14. The van der Waals surface area contributed by atoms with Crippen LogP contribution in [-0.4, -0.2) is 65.2 Å². The smallest absolute Gasteiger partial charge is 0.408 e. The van der Waals surface area contributed by atoms with E-state index in [4.69, 9.17) is 9.47 Å². The van der Waals surface area contributed by atoms with Crippen LogP contribution in [0.2, 0.25) is 0 Å². The Kier molecular flexibility index (Phi) is 13.6. The van der Waals surface area contributed by atoms with Crippen LogP contribution in [0.1, 0.15) is 85.8 Å². The molecule has 1 aromatic rings. The van der Waals surface area contributed by atoms with E-state index in [9.17, 15) is 24.3 Å². The van der Waals surface area contributed by atoms with Gasteiger partial charge in [0.05, 0.1) is 13.0 Å². The van der Waals surface area contributed by atoms with Gasteiger partial charge in [-0.3, -0.25) is 14.4 Å². The Balaban J connectivity index is 3.40. The molecule has 0 aliphatic heterocycles. The molecule has 0 aliphatic rings. The normalized spacial score (nSPS) is 12.8. The summed E-state index contributed by atoms with van der Waals surface area (Å²) >= 11 is 0. The number of para-hydroxylation sites is 1. The lowest BCUT2D eigenvalue weighted by atomic mass is 9.97. The Bertz CT molecular complexity index is 927. The number of phenols is 1. The SMILES string of the molecule is CCCCCN(C(=O)C(NC(=O)OC(C)(C)C)C(C)C)C(C(=O)NCCC(=O)OCC)c1ccccc1O. The number of carbonyl (C=O) groups is 4. The summed E-state index contributed by atoms with van der Waals surface area (Å²) in [7, 11) is 0. The molecular formula is C28H45N3O7. The van der Waals surface area contributed by atoms with Crippen molar-refractivity contribution in [1.29, 1.82) is 0 Å². The number of alkyl carbamates (subject to hydrolysis) is 1. The molecule has 10 heteroatoms. The van der Waals surface area contributed by atoms with Crippen molar-refractivity contribution in [2.24, 2.45) is 5.92 Å². The molecular weight excluding hydrogens is 490 g/mol. The van der Waals surface area contributed by atoms with Crippen molar-refractivity contribution < 1.29 is 33.8 Å². The van der Waals surface area contributed by atoms with Crippen LogP contribution in [0, 0.1) is 5.92 Å². The maximum absolute atomic E-state index is 14.0. The molecule has 1 aromatic carbocycles. The first-order chi connectivity index (χ1) is 17.8. The molecule has 214 valence electrons. The number of hydrogen-bond acceptors (Lipinski definition) is 7. The number of benzene rings is 1. The maximum atomic E-state index is 14.0. The summed E-state index contributed by atoms with van der Waals surface area (Å²) in [6.07, 6.45) is 1.54. The lowest BCUT2D eigenvalue weighted by Crippen LogP contribution is -2.55. The number of nitrogens with one attached hydrogen (secondary N) is 2. The molecule has 0 fully saturated rings. The minimum Gasteiger partial charge on any atom is -0.508 e. The minimum atomic E-state index is -1.19. The summed E-state index contributed by atoms with van der Waals surface area (Å²) in [4.78, 5) is 53.3. The standard InChI is InChI=1S/C28H45N3O7/c1-8-10-13-18-31(26(35)23(19(3)4)30-27(36)38-28(5,6)7)24(20-14-11-12-15-21(20)32)25(34)29-17-16-22(33)37-9-2/h11-12,14-15,19,23-24,32H,8-10,13,16-18H2,1-7H3,(H,29,34)(H,30,36). The Morgan fingerprint density at radius 2 is 1.71 bits per heavy atom. The topological polar surface area (TPSA) is 134 Å². The van der Waals surface area contributed by atoms with E-state index >= 15 is 0 Å². The van der Waals surface area contributed by atoms with E-state index in [0.29, 0.717) is 6.42 Å². The Morgan fingerprint density at radius 1 is 1.05 bits per heavy atom. The largest absolute Gasteiger partial charge is 0.508 e. The van der Waals surface area contributed by atoms with E-state index in [-0.39, 0.29) is 43.3 Å². The molecule has 0 aliphatic carbocycles. The Hall–Kier alpha value is -3.30. The minimum absolute atomic E-state index is 0.00250. The molecule has 0 saturated carbocycles. The summed E-state index contributed by atoms with van der Waals surface area (Å²) in [6, 6.07) is 4.15. The summed E-state index contributed by atoms with van der Waals surface area (Å²) in [5.41, 5.74) is -0.516. The highest BCUT2D eigenvalue weighted by atomic mass is 16.6. The molecule has 10 nitrogen and oxygen atoms in total. The van der Waals surface area contributed by atoms with Crippen LogP contribution < -0.4 is 10.6 Å². The molecule has 0 heterocycles. The van der Waals surface area contributed by atoms with E-state index in [1.807, 2.05) is 6.92 Å². The predicted octanol–water partition coefficient (Wildman–Crippen LogP) is 4.07. The van der Waals surface area contributed by atoms with Crippen molar-refractivity contribution in [3.63, 3.8) is 0 Å². The van der Waals surface area contributed by atoms with E-state index in [2.05, 4.69) is 10.6 Å². The highest BCUT2D eigenvalue weighted by Gasteiger charge is 2.38. The van der Waals surface area contributed by atoms with Crippen LogP contribution in [0.25, 0.3) is 0 Å². The zero-order valence-electron chi connectivity index (χ0n) is 23.8. The van der Waals surface area contributed by atoms with Gasteiger partial charge in [0.2, 0.25) is 11.8 Å². The zero-order valence-corrected chi connectivity index (χ0v) is 23.8. The zero-order chi connectivity index (χ0) is 28.9. The number of carbonyl (C=O) groups excluding carboxylic acids is 4. The monoisotopic (exact) mass is 535 g/mol. The Morgan fingerprint density at radius 3 is 2.26 bits per heavy atom. The van der Waals surface area contributed by atoms with Crippen LogP contribution in [-0.2, 0) is 23.9 Å². The van der Waals surface area contributed by atoms with Gasteiger partial charge in [-0.25, -0.2) is 4.79 Å². The number of hydrogen-bond donors (Lipinski definition) is 3. The molecule has 2 atom stereocenters. The van der Waals surface area contributed by atoms with Crippen LogP contribution in [0.15, 0.2) is 24.3 Å². The fraction of sp³-hybridized carbons (Fsp3) is 0.643. The maximum Gasteiger partial charge on any atom is 0.408 e. The van der Waals surface area contributed by atoms with E-state index in [1.165, 1.54) is 11.0 Å². The molecule has 0 bridgehead atoms. The van der Waals surface area contributed by atoms with Crippen LogP contribution in [0.3, 0.4) is 0 Å². The molecule has 1 rings (SSSR count). The lowest BCUT2D eigenvalue weighted by Gasteiger charge is -2.35. The van der Waals surface area contributed by atoms with Crippen LogP contribution in [0.5, 0.6) is 5.75 Å². The first-order valence-electron chi connectivity index (χ1n) is 13.3. The van der Waals surface area contributed by atoms with E-state index < -0.39 is 41.6 Å². The second kappa shape index (κ2) is 15.8. The van der Waals surface area contributed by atoms with Gasteiger partial charge >= 0.3 is 12.1 Å². The average molecular weight is 536 g/mol. The highest BCUT2D eigenvalue weighted by Crippen LogP contribution is 2.30. The van der Waals surface area contributed by atoms with Crippen molar-refractivity contribution in [2.75, 3.05) is 19.7 Å². The quantitative estimate of drug-likeness (QED) is 0.241. The number of aromatic hydroxyl groups is 1. The first kappa shape index (κ1) is 32.7. The number of phenolic OH excluding ortho intramolecular Hbond substituents is 1. The summed E-state index contributed by atoms with van der Waals surface area (Å²) in [5, 5.41) is 16.0. The third kappa shape index (κ3) is 11.0. The summed E-state index contributed by atoms with van der Waals surface area (Å²) < 4.78 is 10.3. The van der Waals surface area contributed by atoms with Crippen molar-refractivity contribution in [3.05, 3.63) is 29.8 Å². The average Bonchev–Trinajstić information content (AvgIpc) is 2.81. The second-order valence-electron chi connectivity index (χ2n) is 10.4. The summed E-state index contributed by atoms with van der Waals surface area (Å²) in [6.45, 7) is 12.9. The van der Waals surface area contributed by atoms with Crippen molar-refractivity contribution >= 4 is 23.9 Å². The predicted molar refractivity (Wildman–Crippen MR) is 144 cm³/mol. The van der Waals surface area contributed by atoms with Gasteiger partial charge in [-0.15, -0.1) is 0 Å². The van der Waals surface area contributed by atoms with Crippen LogP contribution in [0.4, 0.5) is 4.79 Å². The molecule has 0 saturated heterocycles. The third-order valence-corrected chi connectivity index (χ3v) is 5.62. The Labute approximate surface area is 226 Å². The first-order valence-corrected chi connectivity index (χ1v) is 13.3. The van der Waals surface area contributed by atoms with Gasteiger partial charge < -0.3 is 30.1 Å². The number of ether oxygens (including phenoxy) is 2. The van der Waals surface area contributed by atoms with Gasteiger partial charge in [-0.05, 0) is 46.1 Å². The van der Waals surface area contributed by atoms with Gasteiger partial charge in [0, 0.05) is 18.7 Å². The van der Waals surface area contributed by atoms with Crippen LogP contribution >= 0.6 is 0 Å². The number of unbranched alkanes of at least 4 members (excludes halogenated alkanes) is 2. The number of amides is 3. The fourth-order valence-corrected chi connectivity index (χ4v) is 3.81. The molecule has 3 amide bonds. The van der Waals surface area contributed by atoms with Crippen molar-refractivity contribution in [3.8, 4) is 5.75 Å². The fourth-order valence-electron chi connectivity index (χ4n) is 3.81. The van der Waals surface area contributed by atoms with Gasteiger partial charge in [0.1, 0.15) is 23.4 Å². The molecule has 3 N–H and O–H groups in total. The van der Waals surface area contributed by atoms with Crippen molar-refractivity contribution in [1.82, 2.24) is 15.5 Å². The lowest BCUT2D eigenvalue weighted by molar-refractivity contribution is -0.145. The molecule has 0 spiro atoms. The molecule has 0 radical (unpaired) electrons.